The molecule has 1 aliphatic heterocycles. The summed E-state index contributed by atoms with van der Waals surface area (Å²) in [6.07, 6.45) is 6.07. The highest BCUT2D eigenvalue weighted by molar-refractivity contribution is 5.54. The van der Waals surface area contributed by atoms with Crippen LogP contribution in [0.25, 0.3) is 0 Å². The zero-order valence-electron chi connectivity index (χ0n) is 21.6. The Bertz CT molecular complexity index is 1050. The maximum Gasteiger partial charge on any atom is 0.111 e. The van der Waals surface area contributed by atoms with Crippen molar-refractivity contribution in [2.75, 3.05) is 0 Å². The lowest BCUT2D eigenvalue weighted by Gasteiger charge is -2.37. The molecule has 1 unspecified atom stereocenters. The molecule has 2 atom stereocenters. The lowest BCUT2D eigenvalue weighted by Crippen LogP contribution is -2.31. The van der Waals surface area contributed by atoms with Crippen LogP contribution < -0.4 is 0 Å². The van der Waals surface area contributed by atoms with Crippen molar-refractivity contribution in [1.82, 2.24) is 4.98 Å². The minimum Gasteiger partial charge on any atom is -0.388 e. The molecule has 1 aromatic carbocycles. The van der Waals surface area contributed by atoms with Crippen LogP contribution in [0.3, 0.4) is 0 Å². The van der Waals surface area contributed by atoms with Crippen molar-refractivity contribution in [3.8, 4) is 0 Å². The van der Waals surface area contributed by atoms with E-state index in [-0.39, 0.29) is 16.9 Å². The van der Waals surface area contributed by atoms with Gasteiger partial charge in [-0.05, 0) is 67.1 Å². The van der Waals surface area contributed by atoms with E-state index in [1.54, 1.807) is 0 Å². The summed E-state index contributed by atoms with van der Waals surface area (Å²) >= 11 is 0. The molecule has 3 nitrogen and oxygen atoms in total. The smallest absolute Gasteiger partial charge is 0.111 e. The minimum atomic E-state index is -0.479. The third-order valence-corrected chi connectivity index (χ3v) is 8.20. The molecule has 1 saturated carbocycles. The van der Waals surface area contributed by atoms with Crippen molar-refractivity contribution < 1.29 is 9.84 Å². The van der Waals surface area contributed by atoms with Crippen molar-refractivity contribution in [3.05, 3.63) is 63.5 Å². The predicted octanol–water partition coefficient (Wildman–Crippen LogP) is 7.40. The molecule has 0 bridgehead atoms. The second-order valence-electron chi connectivity index (χ2n) is 13.1. The highest BCUT2D eigenvalue weighted by atomic mass is 16.5. The fourth-order valence-electron chi connectivity index (χ4n) is 6.56. The first kappa shape index (κ1) is 23.1. The van der Waals surface area contributed by atoms with E-state index in [9.17, 15) is 5.11 Å². The Morgan fingerprint density at radius 1 is 0.970 bits per heavy atom. The summed E-state index contributed by atoms with van der Waals surface area (Å²) in [5, 5.41) is 11.3. The molecule has 5 rings (SSSR count). The van der Waals surface area contributed by atoms with Gasteiger partial charge in [-0.2, -0.15) is 0 Å². The first-order chi connectivity index (χ1) is 15.4. The van der Waals surface area contributed by atoms with Crippen LogP contribution in [0.4, 0.5) is 0 Å². The first-order valence-electron chi connectivity index (χ1n) is 12.9. The van der Waals surface area contributed by atoms with Gasteiger partial charge in [-0.1, -0.05) is 71.7 Å². The molecular weight excluding hydrogens is 406 g/mol. The highest BCUT2D eigenvalue weighted by Gasteiger charge is 2.48. The SMILES string of the molecule is CC1(C)Cc2nc(C3CCCC3)c3c(c2C(O)C1)C(C)(C)O[C@@H]3c1ccc(C(C)(C)C)cc1. The lowest BCUT2D eigenvalue weighted by molar-refractivity contribution is -0.0360. The molecule has 1 aromatic heterocycles. The van der Waals surface area contributed by atoms with Crippen LogP contribution in [-0.2, 0) is 22.2 Å². The average molecular weight is 448 g/mol. The fourth-order valence-corrected chi connectivity index (χ4v) is 6.56. The van der Waals surface area contributed by atoms with Crippen LogP contribution in [0, 0.1) is 5.41 Å². The summed E-state index contributed by atoms with van der Waals surface area (Å²) < 4.78 is 6.85. The van der Waals surface area contributed by atoms with E-state index in [1.165, 1.54) is 53.6 Å². The average Bonchev–Trinajstić information content (AvgIpc) is 3.32. The van der Waals surface area contributed by atoms with Gasteiger partial charge in [0.15, 0.2) is 0 Å². The Balaban J connectivity index is 1.71. The normalized spacial score (nSPS) is 26.3. The van der Waals surface area contributed by atoms with E-state index in [1.807, 2.05) is 0 Å². The highest BCUT2D eigenvalue weighted by Crippen LogP contribution is 2.55. The molecule has 33 heavy (non-hydrogen) atoms. The Morgan fingerprint density at radius 3 is 2.21 bits per heavy atom. The second-order valence-corrected chi connectivity index (χ2v) is 13.1. The number of hydrogen-bond acceptors (Lipinski definition) is 3. The largest absolute Gasteiger partial charge is 0.388 e. The summed E-state index contributed by atoms with van der Waals surface area (Å²) in [5.41, 5.74) is 8.17. The second kappa shape index (κ2) is 7.65. The Kier molecular flexibility index (Phi) is 5.34. The number of rotatable bonds is 2. The van der Waals surface area contributed by atoms with Crippen LogP contribution in [0.15, 0.2) is 24.3 Å². The quantitative estimate of drug-likeness (QED) is 0.521. The van der Waals surface area contributed by atoms with Gasteiger partial charge in [-0.15, -0.1) is 0 Å². The number of nitrogens with zero attached hydrogens (tertiary/aromatic N) is 1. The number of pyridine rings is 1. The van der Waals surface area contributed by atoms with E-state index in [2.05, 4.69) is 72.7 Å². The van der Waals surface area contributed by atoms with Crippen molar-refractivity contribution in [2.24, 2.45) is 5.41 Å². The fraction of sp³-hybridized carbons (Fsp3) is 0.633. The standard InChI is InChI=1S/C30H41NO2/c1-28(2,3)20-14-12-19(13-15-20)27-24-25(30(6,7)33-27)23-21(16-29(4,5)17-22(23)32)31-26(24)18-10-8-9-11-18/h12-15,18,22,27,32H,8-11,16-17H2,1-7H3/t22?,27-/m1/s1. The minimum absolute atomic E-state index is 0.0619. The van der Waals surface area contributed by atoms with Gasteiger partial charge in [0.05, 0.1) is 17.4 Å². The lowest BCUT2D eigenvalue weighted by atomic mass is 9.71. The molecule has 0 saturated heterocycles. The summed E-state index contributed by atoms with van der Waals surface area (Å²) in [7, 11) is 0. The monoisotopic (exact) mass is 447 g/mol. The van der Waals surface area contributed by atoms with Crippen LogP contribution in [0.5, 0.6) is 0 Å². The van der Waals surface area contributed by atoms with E-state index >= 15 is 0 Å². The van der Waals surface area contributed by atoms with E-state index in [0.717, 1.165) is 24.1 Å². The van der Waals surface area contributed by atoms with Gasteiger partial charge in [0, 0.05) is 22.7 Å². The van der Waals surface area contributed by atoms with Gasteiger partial charge in [0.25, 0.3) is 0 Å². The number of ether oxygens (including phenoxy) is 1. The molecule has 2 heterocycles. The van der Waals surface area contributed by atoms with Gasteiger partial charge in [0.1, 0.15) is 6.10 Å². The van der Waals surface area contributed by atoms with Gasteiger partial charge < -0.3 is 9.84 Å². The van der Waals surface area contributed by atoms with Crippen molar-refractivity contribution in [3.63, 3.8) is 0 Å². The summed E-state index contributed by atoms with van der Waals surface area (Å²) in [4.78, 5) is 5.37. The number of aliphatic hydroxyl groups excluding tert-OH is 1. The number of hydrogen-bond donors (Lipinski definition) is 1. The molecule has 0 radical (unpaired) electrons. The van der Waals surface area contributed by atoms with Gasteiger partial charge >= 0.3 is 0 Å². The summed E-state index contributed by atoms with van der Waals surface area (Å²) in [6.45, 7) is 15.6. The van der Waals surface area contributed by atoms with Crippen molar-refractivity contribution in [2.45, 2.75) is 116 Å². The molecule has 1 N–H and O–H groups in total. The Hall–Kier alpha value is -1.71. The molecule has 3 aliphatic rings. The topological polar surface area (TPSA) is 42.4 Å². The van der Waals surface area contributed by atoms with Crippen molar-refractivity contribution >= 4 is 0 Å². The third kappa shape index (κ3) is 3.96. The van der Waals surface area contributed by atoms with Crippen molar-refractivity contribution in [1.29, 1.82) is 0 Å². The maximum absolute atomic E-state index is 11.3. The third-order valence-electron chi connectivity index (χ3n) is 8.20. The molecule has 0 amide bonds. The van der Waals surface area contributed by atoms with Crippen LogP contribution in [0.2, 0.25) is 0 Å². The number of benzene rings is 1. The van der Waals surface area contributed by atoms with Crippen LogP contribution in [0.1, 0.15) is 138 Å². The summed E-state index contributed by atoms with van der Waals surface area (Å²) in [5.74, 6) is 0.500. The number of aliphatic hydroxyl groups is 1. The van der Waals surface area contributed by atoms with Gasteiger partial charge in [0.2, 0.25) is 0 Å². The summed E-state index contributed by atoms with van der Waals surface area (Å²) in [6, 6.07) is 8.99. The predicted molar refractivity (Wildman–Crippen MR) is 134 cm³/mol. The first-order valence-corrected chi connectivity index (χ1v) is 12.9. The van der Waals surface area contributed by atoms with E-state index < -0.39 is 11.7 Å². The Labute approximate surface area is 200 Å². The Morgan fingerprint density at radius 2 is 1.61 bits per heavy atom. The maximum atomic E-state index is 11.3. The van der Waals surface area contributed by atoms with E-state index in [0.29, 0.717) is 5.92 Å². The molecule has 2 aromatic rings. The molecule has 3 heteroatoms. The zero-order chi connectivity index (χ0) is 23.8. The molecule has 178 valence electrons. The molecule has 0 spiro atoms. The van der Waals surface area contributed by atoms with E-state index in [4.69, 9.17) is 9.72 Å². The number of aromatic nitrogens is 1. The molecular formula is C30H41NO2. The molecule has 1 fully saturated rings. The van der Waals surface area contributed by atoms with Gasteiger partial charge in [-0.25, -0.2) is 0 Å². The van der Waals surface area contributed by atoms with Gasteiger partial charge in [-0.3, -0.25) is 4.98 Å². The van der Waals surface area contributed by atoms with Crippen LogP contribution in [-0.4, -0.2) is 10.1 Å². The number of fused-ring (bicyclic) bond motifs is 3. The molecule has 2 aliphatic carbocycles. The van der Waals surface area contributed by atoms with Crippen LogP contribution >= 0.6 is 0 Å². The zero-order valence-corrected chi connectivity index (χ0v) is 21.6.